The Hall–Kier alpha value is -3.93. The van der Waals surface area contributed by atoms with Crippen LogP contribution in [-0.2, 0) is 11.2 Å². The van der Waals surface area contributed by atoms with Gasteiger partial charge in [-0.25, -0.2) is 9.97 Å². The predicted octanol–water partition coefficient (Wildman–Crippen LogP) is 1.73. The number of nitrogens with zero attached hydrogens (tertiary/aromatic N) is 5. The van der Waals surface area contributed by atoms with Crippen molar-refractivity contribution in [2.45, 2.75) is 12.8 Å². The van der Waals surface area contributed by atoms with E-state index in [1.54, 1.807) is 42.3 Å². The molecule has 0 saturated carbocycles. The number of likely N-dealkylation sites (N-methyl/N-ethyl adjacent to an activating group) is 2. The van der Waals surface area contributed by atoms with Crippen LogP contribution < -0.4 is 15.2 Å². The number of carbonyl (C=O) groups is 1. The predicted molar refractivity (Wildman–Crippen MR) is 117 cm³/mol. The summed E-state index contributed by atoms with van der Waals surface area (Å²) in [4.78, 5) is 39.9. The van der Waals surface area contributed by atoms with Crippen LogP contribution in [0.4, 0.5) is 5.82 Å². The van der Waals surface area contributed by atoms with Gasteiger partial charge in [-0.05, 0) is 24.3 Å². The molecule has 3 rings (SSSR count). The number of aromatic nitrogens is 3. The molecule has 0 atom stereocenters. The number of methoxy groups -OCH3 is 1. The average molecular weight is 420 g/mol. The van der Waals surface area contributed by atoms with Crippen LogP contribution in [-0.4, -0.2) is 60.1 Å². The highest BCUT2D eigenvalue weighted by Gasteiger charge is 2.13. The second-order valence-electron chi connectivity index (χ2n) is 7.12. The Kier molecular flexibility index (Phi) is 6.82. The molecule has 0 aliphatic carbocycles. The van der Waals surface area contributed by atoms with Crippen LogP contribution in [0, 0.1) is 11.3 Å². The van der Waals surface area contributed by atoms with E-state index in [0.29, 0.717) is 47.6 Å². The number of para-hydroxylation sites is 1. The number of hydrogen-bond donors (Lipinski definition) is 1. The third-order valence-corrected chi connectivity index (χ3v) is 5.01. The molecular weight excluding hydrogens is 396 g/mol. The van der Waals surface area contributed by atoms with Gasteiger partial charge in [0.05, 0.1) is 18.1 Å². The number of fused-ring (bicyclic) bond motifs is 1. The summed E-state index contributed by atoms with van der Waals surface area (Å²) in [6.45, 7) is 1.09. The zero-order valence-electron chi connectivity index (χ0n) is 17.8. The number of aryl methyl sites for hydroxylation is 1. The third kappa shape index (κ3) is 5.17. The first-order valence-electron chi connectivity index (χ1n) is 9.80. The molecule has 9 nitrogen and oxygen atoms in total. The summed E-state index contributed by atoms with van der Waals surface area (Å²) < 4.78 is 5.29. The van der Waals surface area contributed by atoms with Gasteiger partial charge in [0.1, 0.15) is 29.0 Å². The quantitative estimate of drug-likeness (QED) is 0.590. The van der Waals surface area contributed by atoms with E-state index in [1.165, 1.54) is 13.3 Å². The summed E-state index contributed by atoms with van der Waals surface area (Å²) in [6.07, 6.45) is 2.06. The van der Waals surface area contributed by atoms with Crippen molar-refractivity contribution in [2.24, 2.45) is 0 Å². The number of H-pyrrole nitrogens is 1. The van der Waals surface area contributed by atoms with Gasteiger partial charge in [-0.2, -0.15) is 5.26 Å². The maximum atomic E-state index is 12.5. The van der Waals surface area contributed by atoms with Gasteiger partial charge < -0.3 is 19.5 Å². The Morgan fingerprint density at radius 2 is 2.03 bits per heavy atom. The average Bonchev–Trinajstić information content (AvgIpc) is 2.80. The van der Waals surface area contributed by atoms with E-state index in [2.05, 4.69) is 15.0 Å². The van der Waals surface area contributed by atoms with Crippen molar-refractivity contribution in [1.82, 2.24) is 19.9 Å². The second-order valence-corrected chi connectivity index (χ2v) is 7.12. The fraction of sp³-hybridized carbons (Fsp3) is 0.318. The van der Waals surface area contributed by atoms with Crippen molar-refractivity contribution in [3.63, 3.8) is 0 Å². The van der Waals surface area contributed by atoms with Crippen LogP contribution in [0.1, 0.15) is 17.8 Å². The first-order valence-corrected chi connectivity index (χ1v) is 9.80. The fourth-order valence-electron chi connectivity index (χ4n) is 3.10. The zero-order valence-corrected chi connectivity index (χ0v) is 17.8. The molecule has 0 fully saturated rings. The first kappa shape index (κ1) is 21.8. The van der Waals surface area contributed by atoms with E-state index in [0.717, 1.165) is 5.82 Å². The van der Waals surface area contributed by atoms with Gasteiger partial charge in [-0.3, -0.25) is 9.59 Å². The number of nitriles is 1. The van der Waals surface area contributed by atoms with Gasteiger partial charge in [-0.1, -0.05) is 6.07 Å². The molecule has 31 heavy (non-hydrogen) atoms. The highest BCUT2D eigenvalue weighted by atomic mass is 16.5. The molecule has 1 N–H and O–H groups in total. The molecule has 0 aliphatic heterocycles. The van der Waals surface area contributed by atoms with Crippen LogP contribution in [0.3, 0.4) is 0 Å². The molecule has 160 valence electrons. The number of carbonyl (C=O) groups excluding carboxylic acids is 1. The van der Waals surface area contributed by atoms with Crippen molar-refractivity contribution in [2.75, 3.05) is 39.2 Å². The minimum absolute atomic E-state index is 0.0519. The van der Waals surface area contributed by atoms with Gasteiger partial charge in [0.2, 0.25) is 5.91 Å². The largest absolute Gasteiger partial charge is 0.494 e. The molecule has 0 unspecified atom stereocenters. The van der Waals surface area contributed by atoms with Crippen LogP contribution >= 0.6 is 0 Å². The van der Waals surface area contributed by atoms with Crippen LogP contribution in [0.2, 0.25) is 0 Å². The summed E-state index contributed by atoms with van der Waals surface area (Å²) in [7, 11) is 5.14. The highest BCUT2D eigenvalue weighted by molar-refractivity contribution is 5.83. The Balaban J connectivity index is 1.57. The Labute approximate surface area is 179 Å². The lowest BCUT2D eigenvalue weighted by atomic mass is 10.2. The third-order valence-electron chi connectivity index (χ3n) is 5.01. The number of rotatable bonds is 8. The maximum absolute atomic E-state index is 12.5. The topological polar surface area (TPSA) is 115 Å². The Morgan fingerprint density at radius 3 is 2.71 bits per heavy atom. The molecule has 0 spiro atoms. The molecule has 0 saturated heterocycles. The van der Waals surface area contributed by atoms with Crippen molar-refractivity contribution < 1.29 is 9.53 Å². The Bertz CT molecular complexity index is 1170. The van der Waals surface area contributed by atoms with E-state index >= 15 is 0 Å². The monoisotopic (exact) mass is 420 g/mol. The minimum atomic E-state index is -0.253. The molecule has 0 bridgehead atoms. The number of hydrogen-bond acceptors (Lipinski definition) is 7. The van der Waals surface area contributed by atoms with Gasteiger partial charge in [-0.15, -0.1) is 0 Å². The van der Waals surface area contributed by atoms with E-state index in [-0.39, 0.29) is 17.9 Å². The number of aromatic amines is 1. The van der Waals surface area contributed by atoms with Gasteiger partial charge in [0, 0.05) is 46.2 Å². The molecule has 0 radical (unpaired) electrons. The van der Waals surface area contributed by atoms with Crippen molar-refractivity contribution in [3.05, 3.63) is 58.3 Å². The van der Waals surface area contributed by atoms with Gasteiger partial charge >= 0.3 is 0 Å². The molecule has 3 aromatic rings. The number of ether oxygens (including phenoxy) is 1. The van der Waals surface area contributed by atoms with E-state index in [9.17, 15) is 9.59 Å². The second kappa shape index (κ2) is 9.71. The number of nitrogens with one attached hydrogen (secondary N) is 1. The maximum Gasteiger partial charge on any atom is 0.258 e. The Morgan fingerprint density at radius 1 is 1.23 bits per heavy atom. The summed E-state index contributed by atoms with van der Waals surface area (Å²) >= 11 is 0. The van der Waals surface area contributed by atoms with Gasteiger partial charge in [0.25, 0.3) is 5.56 Å². The van der Waals surface area contributed by atoms with Crippen LogP contribution in [0.5, 0.6) is 5.75 Å². The van der Waals surface area contributed by atoms with E-state index in [4.69, 9.17) is 10.00 Å². The minimum Gasteiger partial charge on any atom is -0.494 e. The molecule has 1 aromatic carbocycles. The molecule has 2 aromatic heterocycles. The standard InChI is InChI=1S/C22H24N6O3/c1-27(19-9-7-15(13-23)14-24-19)11-12-28(2)20(29)10-8-18-25-21-16(22(30)26-18)5-4-6-17(21)31-3/h4-7,9,14H,8,10-12H2,1-3H3,(H,25,26,30). The zero-order chi connectivity index (χ0) is 22.4. The van der Waals surface area contributed by atoms with Crippen molar-refractivity contribution in [1.29, 1.82) is 5.26 Å². The first-order chi connectivity index (χ1) is 14.9. The summed E-state index contributed by atoms with van der Waals surface area (Å²) in [6, 6.07) is 10.7. The normalized spacial score (nSPS) is 10.5. The molecule has 9 heteroatoms. The summed E-state index contributed by atoms with van der Waals surface area (Å²) in [5.41, 5.74) is 0.736. The molecule has 2 heterocycles. The lowest BCUT2D eigenvalue weighted by Gasteiger charge is -2.23. The van der Waals surface area contributed by atoms with Crippen molar-refractivity contribution >= 4 is 22.6 Å². The van der Waals surface area contributed by atoms with Crippen molar-refractivity contribution in [3.8, 4) is 11.8 Å². The van der Waals surface area contributed by atoms with Gasteiger partial charge in [0.15, 0.2) is 0 Å². The number of amides is 1. The fourth-order valence-corrected chi connectivity index (χ4v) is 3.10. The lowest BCUT2D eigenvalue weighted by molar-refractivity contribution is -0.129. The van der Waals surface area contributed by atoms with Crippen LogP contribution in [0.15, 0.2) is 41.3 Å². The molecule has 1 amide bonds. The lowest BCUT2D eigenvalue weighted by Crippen LogP contribution is -2.35. The molecular formula is C22H24N6O3. The van der Waals surface area contributed by atoms with Crippen LogP contribution in [0.25, 0.3) is 10.9 Å². The smallest absolute Gasteiger partial charge is 0.258 e. The summed E-state index contributed by atoms with van der Waals surface area (Å²) in [5, 5.41) is 9.30. The number of benzene rings is 1. The summed E-state index contributed by atoms with van der Waals surface area (Å²) in [5.74, 6) is 1.64. The van der Waals surface area contributed by atoms with E-state index < -0.39 is 0 Å². The highest BCUT2D eigenvalue weighted by Crippen LogP contribution is 2.20. The SMILES string of the molecule is COc1cccc2c(=O)[nH]c(CCC(=O)N(C)CCN(C)c3ccc(C#N)cn3)nc12. The number of anilines is 1. The molecule has 0 aliphatic rings. The van der Waals surface area contributed by atoms with E-state index in [1.807, 2.05) is 18.0 Å². The number of pyridine rings is 1.